The molecule has 2 rings (SSSR count). The highest BCUT2D eigenvalue weighted by Crippen LogP contribution is 2.18. The van der Waals surface area contributed by atoms with E-state index < -0.39 is 0 Å². The first-order valence-corrected chi connectivity index (χ1v) is 5.48. The van der Waals surface area contributed by atoms with E-state index in [-0.39, 0.29) is 11.4 Å². The average Bonchev–Trinajstić information content (AvgIpc) is 2.43. The van der Waals surface area contributed by atoms with Gasteiger partial charge in [-0.2, -0.15) is 0 Å². The molecule has 1 heterocycles. The Bertz CT molecular complexity index is 444. The first-order chi connectivity index (χ1) is 7.47. The molecule has 1 aromatic carbocycles. The fraction of sp³-hybridized carbons (Fsp3) is 0.385. The minimum atomic E-state index is -0.151. The van der Waals surface area contributed by atoms with E-state index in [9.17, 15) is 4.79 Å². The Labute approximate surface area is 95.8 Å². The predicted molar refractivity (Wildman–Crippen MR) is 63.4 cm³/mol. The van der Waals surface area contributed by atoms with Gasteiger partial charge in [0.15, 0.2) is 5.54 Å². The lowest BCUT2D eigenvalue weighted by Crippen LogP contribution is -2.36. The number of hydrogen-bond donors (Lipinski definition) is 1. The monoisotopic (exact) mass is 217 g/mol. The molecule has 1 saturated heterocycles. The third kappa shape index (κ3) is 2.13. The molecule has 0 bridgehead atoms. The number of benzene rings is 1. The lowest BCUT2D eigenvalue weighted by Gasteiger charge is -2.09. The second kappa shape index (κ2) is 3.74. The van der Waals surface area contributed by atoms with Crippen LogP contribution in [0.4, 0.5) is 0 Å². The Morgan fingerprint density at radius 1 is 1.31 bits per heavy atom. The number of amides is 1. The van der Waals surface area contributed by atoms with Gasteiger partial charge in [0.05, 0.1) is 6.42 Å². The van der Waals surface area contributed by atoms with Crippen LogP contribution >= 0.6 is 0 Å². The zero-order chi connectivity index (χ0) is 11.8. The Hall–Kier alpha value is -1.64. The van der Waals surface area contributed by atoms with Gasteiger partial charge in [-0.1, -0.05) is 17.7 Å². The molecular weight excluding hydrogens is 200 g/mol. The van der Waals surface area contributed by atoms with Crippen LogP contribution in [0.3, 0.4) is 0 Å². The van der Waals surface area contributed by atoms with Gasteiger partial charge in [0.25, 0.3) is 5.91 Å². The van der Waals surface area contributed by atoms with E-state index in [1.165, 1.54) is 5.56 Å². The second-order valence-corrected chi connectivity index (χ2v) is 4.93. The maximum absolute atomic E-state index is 11.3. The standard InChI is InChI=1S/C13H16N2O/c1-10-4-6-11(7-5-10)9-15-13(2,3)8-12(16)14-15/h4-7,9H,8H2,1-3H3/p+1/b15-9-. The third-order valence-corrected chi connectivity index (χ3v) is 2.85. The summed E-state index contributed by atoms with van der Waals surface area (Å²) in [5.74, 6) is 0.0772. The Morgan fingerprint density at radius 3 is 2.44 bits per heavy atom. The number of rotatable bonds is 1. The molecule has 0 spiro atoms. The number of hydrogen-bond acceptors (Lipinski definition) is 1. The number of hydrazine groups is 1. The van der Waals surface area contributed by atoms with E-state index in [1.807, 2.05) is 10.9 Å². The number of carbonyl (C=O) groups is 1. The summed E-state index contributed by atoms with van der Waals surface area (Å²) in [4.78, 5) is 11.3. The summed E-state index contributed by atoms with van der Waals surface area (Å²) in [7, 11) is 0. The first kappa shape index (κ1) is 10.9. The molecule has 84 valence electrons. The van der Waals surface area contributed by atoms with Gasteiger partial charge in [0, 0.05) is 19.4 Å². The molecular formula is C13H17N2O+. The summed E-state index contributed by atoms with van der Waals surface area (Å²) < 4.78 is 1.89. The van der Waals surface area contributed by atoms with E-state index >= 15 is 0 Å². The highest BCUT2D eigenvalue weighted by atomic mass is 16.2. The van der Waals surface area contributed by atoms with Crippen molar-refractivity contribution in [2.24, 2.45) is 0 Å². The Balaban J connectivity index is 2.31. The molecule has 16 heavy (non-hydrogen) atoms. The number of carbonyl (C=O) groups excluding carboxylic acids is 1. The maximum atomic E-state index is 11.3. The average molecular weight is 217 g/mol. The summed E-state index contributed by atoms with van der Waals surface area (Å²) in [5.41, 5.74) is 5.03. The van der Waals surface area contributed by atoms with Gasteiger partial charge in [-0.15, -0.1) is 10.1 Å². The largest absolute Gasteiger partial charge is 0.281 e. The molecule has 1 aliphatic heterocycles. The molecule has 3 nitrogen and oxygen atoms in total. The van der Waals surface area contributed by atoms with E-state index in [0.717, 1.165) is 5.56 Å². The molecule has 1 aromatic rings. The Morgan fingerprint density at radius 2 is 1.94 bits per heavy atom. The van der Waals surface area contributed by atoms with Crippen molar-refractivity contribution >= 4 is 12.1 Å². The highest BCUT2D eigenvalue weighted by molar-refractivity contribution is 5.80. The van der Waals surface area contributed by atoms with Crippen LogP contribution in [0.2, 0.25) is 0 Å². The van der Waals surface area contributed by atoms with Crippen molar-refractivity contribution in [2.75, 3.05) is 0 Å². The SMILES string of the molecule is Cc1ccc(/C=[N+]2\NC(=O)CC2(C)C)cc1. The van der Waals surface area contributed by atoms with Gasteiger partial charge >= 0.3 is 0 Å². The van der Waals surface area contributed by atoms with Crippen LogP contribution in [-0.4, -0.2) is 22.3 Å². The lowest BCUT2D eigenvalue weighted by molar-refractivity contribution is -0.620. The molecule has 0 saturated carbocycles. The topological polar surface area (TPSA) is 32.1 Å². The second-order valence-electron chi connectivity index (χ2n) is 4.93. The lowest BCUT2D eigenvalue weighted by atomic mass is 10.0. The fourth-order valence-electron chi connectivity index (χ4n) is 1.81. The van der Waals surface area contributed by atoms with Gasteiger partial charge in [-0.05, 0) is 19.1 Å². The van der Waals surface area contributed by atoms with Gasteiger partial charge in [0.1, 0.15) is 0 Å². The first-order valence-electron chi connectivity index (χ1n) is 5.48. The van der Waals surface area contributed by atoms with Crippen molar-refractivity contribution in [3.05, 3.63) is 35.4 Å². The smallest absolute Gasteiger partial charge is 0.269 e. The zero-order valence-corrected chi connectivity index (χ0v) is 9.95. The molecule has 0 unspecified atom stereocenters. The van der Waals surface area contributed by atoms with E-state index in [4.69, 9.17) is 0 Å². The molecule has 1 amide bonds. The number of aryl methyl sites for hydroxylation is 1. The van der Waals surface area contributed by atoms with Crippen molar-refractivity contribution in [3.63, 3.8) is 0 Å². The van der Waals surface area contributed by atoms with Gasteiger partial charge < -0.3 is 0 Å². The zero-order valence-electron chi connectivity index (χ0n) is 9.95. The molecule has 3 heteroatoms. The van der Waals surface area contributed by atoms with Gasteiger partial charge in [0.2, 0.25) is 6.21 Å². The summed E-state index contributed by atoms with van der Waals surface area (Å²) in [6.07, 6.45) is 2.51. The molecule has 0 aromatic heterocycles. The van der Waals surface area contributed by atoms with Crippen LogP contribution < -0.4 is 5.43 Å². The maximum Gasteiger partial charge on any atom is 0.281 e. The normalized spacial score (nSPS) is 21.2. The summed E-state index contributed by atoms with van der Waals surface area (Å²) >= 11 is 0. The van der Waals surface area contributed by atoms with Crippen LogP contribution in [0, 0.1) is 6.92 Å². The molecule has 0 aliphatic carbocycles. The van der Waals surface area contributed by atoms with Crippen molar-refractivity contribution < 1.29 is 9.48 Å². The molecule has 1 fully saturated rings. The van der Waals surface area contributed by atoms with Crippen LogP contribution in [0.25, 0.3) is 0 Å². The number of nitrogens with zero attached hydrogens (tertiary/aromatic N) is 1. The molecule has 0 atom stereocenters. The van der Waals surface area contributed by atoms with Crippen LogP contribution in [0.5, 0.6) is 0 Å². The quantitative estimate of drug-likeness (QED) is 0.713. The number of hydrazone groups is 1. The molecule has 1 N–H and O–H groups in total. The van der Waals surface area contributed by atoms with Crippen molar-refractivity contribution in [3.8, 4) is 0 Å². The van der Waals surface area contributed by atoms with Crippen molar-refractivity contribution in [1.29, 1.82) is 0 Å². The number of nitrogens with one attached hydrogen (secondary N) is 1. The summed E-state index contributed by atoms with van der Waals surface area (Å²) in [5, 5.41) is 0. The van der Waals surface area contributed by atoms with Crippen molar-refractivity contribution in [2.45, 2.75) is 32.7 Å². The molecule has 0 radical (unpaired) electrons. The van der Waals surface area contributed by atoms with Crippen LogP contribution in [0.15, 0.2) is 24.3 Å². The fourth-order valence-corrected chi connectivity index (χ4v) is 1.81. The van der Waals surface area contributed by atoms with Gasteiger partial charge in [-0.25, -0.2) is 0 Å². The van der Waals surface area contributed by atoms with Crippen molar-refractivity contribution in [1.82, 2.24) is 5.43 Å². The minimum Gasteiger partial charge on any atom is -0.269 e. The third-order valence-electron chi connectivity index (χ3n) is 2.85. The van der Waals surface area contributed by atoms with E-state index in [1.54, 1.807) is 0 Å². The van der Waals surface area contributed by atoms with E-state index in [0.29, 0.717) is 6.42 Å². The van der Waals surface area contributed by atoms with E-state index in [2.05, 4.69) is 50.5 Å². The molecule has 1 aliphatic rings. The van der Waals surface area contributed by atoms with Crippen LogP contribution in [-0.2, 0) is 4.79 Å². The highest BCUT2D eigenvalue weighted by Gasteiger charge is 2.42. The summed E-state index contributed by atoms with van der Waals surface area (Å²) in [6, 6.07) is 8.24. The minimum absolute atomic E-state index is 0.0772. The Kier molecular flexibility index (Phi) is 2.54. The predicted octanol–water partition coefficient (Wildman–Crippen LogP) is 1.64. The van der Waals surface area contributed by atoms with Gasteiger partial charge in [-0.3, -0.25) is 4.79 Å². The van der Waals surface area contributed by atoms with Crippen LogP contribution in [0.1, 0.15) is 31.4 Å². The summed E-state index contributed by atoms with van der Waals surface area (Å²) in [6.45, 7) is 6.16.